The van der Waals surface area contributed by atoms with Crippen molar-refractivity contribution in [3.05, 3.63) is 36.4 Å². The molecule has 0 amide bonds. The first-order chi connectivity index (χ1) is 17.7. The molecular formula is C30H36O6. The summed E-state index contributed by atoms with van der Waals surface area (Å²) in [7, 11) is 0. The highest BCUT2D eigenvalue weighted by Crippen LogP contribution is 2.57. The van der Waals surface area contributed by atoms with Crippen LogP contribution in [0.25, 0.3) is 32.3 Å². The molecule has 0 aliphatic rings. The normalized spacial score (nSPS) is 11.2. The van der Waals surface area contributed by atoms with Crippen LogP contribution in [0.1, 0.15) is 41.5 Å². The van der Waals surface area contributed by atoms with Gasteiger partial charge in [-0.2, -0.15) is 0 Å². The Balaban J connectivity index is 2.40. The maximum atomic E-state index is 6.36. The van der Waals surface area contributed by atoms with Crippen LogP contribution >= 0.6 is 0 Å². The van der Waals surface area contributed by atoms with Crippen LogP contribution in [0.3, 0.4) is 0 Å². The second-order valence-corrected chi connectivity index (χ2v) is 8.03. The lowest BCUT2D eigenvalue weighted by Gasteiger charge is -2.25. The van der Waals surface area contributed by atoms with Crippen molar-refractivity contribution in [2.24, 2.45) is 0 Å². The molecule has 192 valence electrons. The van der Waals surface area contributed by atoms with E-state index < -0.39 is 0 Å². The zero-order chi connectivity index (χ0) is 25.7. The van der Waals surface area contributed by atoms with Gasteiger partial charge >= 0.3 is 0 Å². The predicted octanol–water partition coefficient (Wildman–Crippen LogP) is 7.54. The van der Waals surface area contributed by atoms with Crippen molar-refractivity contribution in [3.8, 4) is 34.5 Å². The Morgan fingerprint density at radius 2 is 0.806 bits per heavy atom. The third-order valence-electron chi connectivity index (χ3n) is 5.92. The van der Waals surface area contributed by atoms with E-state index >= 15 is 0 Å². The van der Waals surface area contributed by atoms with Gasteiger partial charge < -0.3 is 28.4 Å². The average molecular weight is 493 g/mol. The van der Waals surface area contributed by atoms with Gasteiger partial charge in [-0.1, -0.05) is 24.3 Å². The zero-order valence-electron chi connectivity index (χ0n) is 22.2. The van der Waals surface area contributed by atoms with E-state index in [1.165, 1.54) is 0 Å². The predicted molar refractivity (Wildman–Crippen MR) is 146 cm³/mol. The summed E-state index contributed by atoms with van der Waals surface area (Å²) in [5.41, 5.74) is 0. The molecule has 0 N–H and O–H groups in total. The van der Waals surface area contributed by atoms with E-state index in [-0.39, 0.29) is 0 Å². The molecule has 0 heterocycles. The van der Waals surface area contributed by atoms with Crippen LogP contribution in [-0.4, -0.2) is 39.6 Å². The molecule has 0 bridgehead atoms. The minimum absolute atomic E-state index is 0.450. The molecule has 0 radical (unpaired) electrons. The van der Waals surface area contributed by atoms with Gasteiger partial charge in [0.15, 0.2) is 23.0 Å². The second-order valence-electron chi connectivity index (χ2n) is 8.03. The molecular weight excluding hydrogens is 456 g/mol. The lowest BCUT2D eigenvalue weighted by Crippen LogP contribution is -2.07. The monoisotopic (exact) mass is 492 g/mol. The first kappa shape index (κ1) is 25.5. The Bertz CT molecular complexity index is 1340. The van der Waals surface area contributed by atoms with Crippen LogP contribution in [0.15, 0.2) is 36.4 Å². The van der Waals surface area contributed by atoms with Gasteiger partial charge in [0.1, 0.15) is 0 Å². The third kappa shape index (κ3) is 4.29. The van der Waals surface area contributed by atoms with Crippen LogP contribution in [0.4, 0.5) is 0 Å². The highest BCUT2D eigenvalue weighted by Gasteiger charge is 2.29. The SMILES string of the molecule is CCOc1ccc2c3ccccc3c3c(OCC)c(OCC)c(OCC)c(OCC)c3c2c1OCC. The van der Waals surface area contributed by atoms with E-state index in [0.717, 1.165) is 32.3 Å². The first-order valence-electron chi connectivity index (χ1n) is 12.9. The van der Waals surface area contributed by atoms with Gasteiger partial charge in [0, 0.05) is 16.2 Å². The number of ether oxygens (including phenoxy) is 6. The van der Waals surface area contributed by atoms with Crippen LogP contribution < -0.4 is 28.4 Å². The highest BCUT2D eigenvalue weighted by molar-refractivity contribution is 6.31. The Morgan fingerprint density at radius 1 is 0.389 bits per heavy atom. The molecule has 0 saturated heterocycles. The number of rotatable bonds is 12. The number of hydrogen-bond donors (Lipinski definition) is 0. The molecule has 36 heavy (non-hydrogen) atoms. The van der Waals surface area contributed by atoms with E-state index in [2.05, 4.69) is 18.2 Å². The summed E-state index contributed by atoms with van der Waals surface area (Å²) in [6.45, 7) is 14.7. The van der Waals surface area contributed by atoms with Crippen molar-refractivity contribution < 1.29 is 28.4 Å². The smallest absolute Gasteiger partial charge is 0.208 e. The summed E-state index contributed by atoms with van der Waals surface area (Å²) in [6.07, 6.45) is 0. The Hall–Kier alpha value is -3.54. The summed E-state index contributed by atoms with van der Waals surface area (Å²) in [4.78, 5) is 0. The molecule has 0 aliphatic carbocycles. The standard InChI is InChI=1S/C30H36O6/c1-7-31-22-18-17-21-19-15-13-14-16-20(19)24-25(23(21)26(22)32-8-2)28(34-10-4)30(36-12-6)29(35-11-5)27(24)33-9-3/h13-18H,7-12H2,1-6H3. The van der Waals surface area contributed by atoms with Crippen LogP contribution in [0.2, 0.25) is 0 Å². The fourth-order valence-corrected chi connectivity index (χ4v) is 4.80. The van der Waals surface area contributed by atoms with Gasteiger partial charge in [0.25, 0.3) is 0 Å². The molecule has 0 unspecified atom stereocenters. The van der Waals surface area contributed by atoms with Crippen LogP contribution in [-0.2, 0) is 0 Å². The van der Waals surface area contributed by atoms with E-state index in [0.29, 0.717) is 74.1 Å². The van der Waals surface area contributed by atoms with Gasteiger partial charge in [-0.3, -0.25) is 0 Å². The average Bonchev–Trinajstić information content (AvgIpc) is 2.89. The summed E-state index contributed by atoms with van der Waals surface area (Å²) >= 11 is 0. The van der Waals surface area contributed by atoms with Crippen LogP contribution in [0.5, 0.6) is 34.5 Å². The Labute approximate surface area is 213 Å². The van der Waals surface area contributed by atoms with Gasteiger partial charge in [0.05, 0.1) is 39.6 Å². The maximum Gasteiger partial charge on any atom is 0.208 e. The fraction of sp³-hybridized carbons (Fsp3) is 0.400. The van der Waals surface area contributed by atoms with E-state index in [4.69, 9.17) is 28.4 Å². The first-order valence-corrected chi connectivity index (χ1v) is 12.9. The van der Waals surface area contributed by atoms with E-state index in [9.17, 15) is 0 Å². The largest absolute Gasteiger partial charge is 0.490 e. The molecule has 6 nitrogen and oxygen atoms in total. The summed E-state index contributed by atoms with van der Waals surface area (Å²) in [5, 5.41) is 5.85. The zero-order valence-corrected chi connectivity index (χ0v) is 22.2. The van der Waals surface area contributed by atoms with E-state index in [1.54, 1.807) is 0 Å². The van der Waals surface area contributed by atoms with E-state index in [1.807, 2.05) is 59.7 Å². The summed E-state index contributed by atoms with van der Waals surface area (Å²) < 4.78 is 37.4. The minimum atomic E-state index is 0.450. The molecule has 0 aliphatic heterocycles. The molecule has 0 aromatic heterocycles. The summed E-state index contributed by atoms with van der Waals surface area (Å²) in [5.74, 6) is 3.73. The van der Waals surface area contributed by atoms with Crippen LogP contribution in [0, 0.1) is 0 Å². The minimum Gasteiger partial charge on any atom is -0.490 e. The fourth-order valence-electron chi connectivity index (χ4n) is 4.80. The quantitative estimate of drug-likeness (QED) is 0.190. The summed E-state index contributed by atoms with van der Waals surface area (Å²) in [6, 6.07) is 12.4. The van der Waals surface area contributed by atoms with Crippen molar-refractivity contribution in [2.75, 3.05) is 39.6 Å². The van der Waals surface area contributed by atoms with Gasteiger partial charge in [-0.05, 0) is 69.8 Å². The molecule has 4 aromatic carbocycles. The second kappa shape index (κ2) is 11.5. The number of fused-ring (bicyclic) bond motifs is 6. The van der Waals surface area contributed by atoms with Crippen molar-refractivity contribution in [1.82, 2.24) is 0 Å². The number of hydrogen-bond acceptors (Lipinski definition) is 6. The van der Waals surface area contributed by atoms with Crippen molar-refractivity contribution in [1.29, 1.82) is 0 Å². The van der Waals surface area contributed by atoms with Gasteiger partial charge in [-0.15, -0.1) is 0 Å². The molecule has 4 aromatic rings. The Kier molecular flexibility index (Phi) is 8.14. The third-order valence-corrected chi connectivity index (χ3v) is 5.92. The van der Waals surface area contributed by atoms with Crippen molar-refractivity contribution >= 4 is 32.3 Å². The van der Waals surface area contributed by atoms with Gasteiger partial charge in [-0.25, -0.2) is 0 Å². The number of benzene rings is 4. The molecule has 0 atom stereocenters. The molecule has 0 spiro atoms. The Morgan fingerprint density at radius 3 is 1.36 bits per heavy atom. The van der Waals surface area contributed by atoms with Gasteiger partial charge in [0.2, 0.25) is 11.5 Å². The maximum absolute atomic E-state index is 6.36. The van der Waals surface area contributed by atoms with Crippen molar-refractivity contribution in [3.63, 3.8) is 0 Å². The molecule has 0 fully saturated rings. The lowest BCUT2D eigenvalue weighted by molar-refractivity contribution is 0.247. The highest BCUT2D eigenvalue weighted by atomic mass is 16.6. The molecule has 0 saturated carbocycles. The molecule has 6 heteroatoms. The topological polar surface area (TPSA) is 55.4 Å². The molecule has 4 rings (SSSR count). The lowest BCUT2D eigenvalue weighted by atomic mass is 9.91. The van der Waals surface area contributed by atoms with Crippen molar-refractivity contribution in [2.45, 2.75) is 41.5 Å².